The smallest absolute Gasteiger partial charge is 0.230 e. The fourth-order valence-electron chi connectivity index (χ4n) is 4.00. The van der Waals surface area contributed by atoms with Crippen LogP contribution in [0.25, 0.3) is 0 Å². The molecule has 5 heteroatoms. The van der Waals surface area contributed by atoms with E-state index in [0.29, 0.717) is 0 Å². The third kappa shape index (κ3) is 4.11. The highest BCUT2D eigenvalue weighted by Gasteiger charge is 2.42. The van der Waals surface area contributed by atoms with E-state index in [1.54, 1.807) is 0 Å². The number of piperazine rings is 1. The third-order valence-electron chi connectivity index (χ3n) is 5.43. The van der Waals surface area contributed by atoms with Crippen LogP contribution in [0.15, 0.2) is 24.3 Å². The number of nitrogens with one attached hydrogen (secondary N) is 2. The Morgan fingerprint density at radius 3 is 2.50 bits per heavy atom. The minimum Gasteiger partial charge on any atom is -0.355 e. The number of amides is 1. The van der Waals surface area contributed by atoms with Crippen molar-refractivity contribution in [3.8, 4) is 0 Å². The predicted octanol–water partition coefficient (Wildman–Crippen LogP) is 2.56. The van der Waals surface area contributed by atoms with Gasteiger partial charge in [0.25, 0.3) is 0 Å². The summed E-state index contributed by atoms with van der Waals surface area (Å²) in [6, 6.07) is 7.84. The number of carbonyl (C=O) groups is 1. The molecule has 1 amide bonds. The first-order chi connectivity index (χ1) is 11.7. The van der Waals surface area contributed by atoms with E-state index < -0.39 is 0 Å². The Morgan fingerprint density at radius 2 is 1.83 bits per heavy atom. The summed E-state index contributed by atoms with van der Waals surface area (Å²) in [5, 5.41) is 7.30. The van der Waals surface area contributed by atoms with E-state index in [2.05, 4.69) is 15.5 Å². The molecule has 1 saturated heterocycles. The highest BCUT2D eigenvalue weighted by atomic mass is 35.5. The number of rotatable bonds is 6. The minimum absolute atomic E-state index is 0.197. The lowest BCUT2D eigenvalue weighted by molar-refractivity contribution is -0.126. The summed E-state index contributed by atoms with van der Waals surface area (Å²) < 4.78 is 0. The minimum atomic E-state index is -0.348. The number of carbonyl (C=O) groups excluding carboxylic acids is 1. The molecule has 1 aliphatic heterocycles. The van der Waals surface area contributed by atoms with Gasteiger partial charge in [0.05, 0.1) is 5.41 Å². The van der Waals surface area contributed by atoms with Gasteiger partial charge in [0, 0.05) is 37.7 Å². The summed E-state index contributed by atoms with van der Waals surface area (Å²) in [7, 11) is 0. The Kier molecular flexibility index (Phi) is 6.14. The van der Waals surface area contributed by atoms with Crippen LogP contribution in [0.2, 0.25) is 5.02 Å². The first-order valence-corrected chi connectivity index (χ1v) is 9.56. The molecular formula is C19H28ClN3O. The average molecular weight is 350 g/mol. The second-order valence-electron chi connectivity index (χ2n) is 7.00. The number of halogens is 1. The van der Waals surface area contributed by atoms with Crippen molar-refractivity contribution in [2.45, 2.75) is 37.5 Å². The van der Waals surface area contributed by atoms with Crippen molar-refractivity contribution in [3.63, 3.8) is 0 Å². The van der Waals surface area contributed by atoms with Gasteiger partial charge in [-0.05, 0) is 43.5 Å². The standard InChI is InChI=1S/C19H28ClN3O/c20-17-6-4-16(5-7-17)19(8-1-2-9-19)18(24)22-10-3-13-23-14-11-21-12-15-23/h4-7,21H,1-3,8-15H2,(H,22,24). The van der Waals surface area contributed by atoms with Crippen LogP contribution in [0.3, 0.4) is 0 Å². The maximum absolute atomic E-state index is 12.9. The maximum atomic E-state index is 12.9. The molecule has 1 aromatic rings. The Bertz CT molecular complexity index is 534. The molecule has 4 nitrogen and oxygen atoms in total. The van der Waals surface area contributed by atoms with E-state index in [9.17, 15) is 4.79 Å². The first kappa shape index (κ1) is 17.7. The molecule has 2 aliphatic rings. The van der Waals surface area contributed by atoms with Crippen LogP contribution in [-0.4, -0.2) is 50.1 Å². The van der Waals surface area contributed by atoms with Crippen LogP contribution in [0.4, 0.5) is 0 Å². The molecule has 0 radical (unpaired) electrons. The summed E-state index contributed by atoms with van der Waals surface area (Å²) >= 11 is 6.01. The molecule has 3 rings (SSSR count). The van der Waals surface area contributed by atoms with Crippen LogP contribution in [0.5, 0.6) is 0 Å². The molecule has 0 unspecified atom stereocenters. The Morgan fingerprint density at radius 1 is 1.17 bits per heavy atom. The van der Waals surface area contributed by atoms with Crippen molar-refractivity contribution in [3.05, 3.63) is 34.9 Å². The fourth-order valence-corrected chi connectivity index (χ4v) is 4.13. The van der Waals surface area contributed by atoms with Crippen LogP contribution in [0.1, 0.15) is 37.7 Å². The number of nitrogens with zero attached hydrogens (tertiary/aromatic N) is 1. The number of benzene rings is 1. The summed E-state index contributed by atoms with van der Waals surface area (Å²) in [4.78, 5) is 15.4. The predicted molar refractivity (Wildman–Crippen MR) is 98.5 cm³/mol. The van der Waals surface area contributed by atoms with Gasteiger partial charge in [-0.1, -0.05) is 36.6 Å². The topological polar surface area (TPSA) is 44.4 Å². The summed E-state index contributed by atoms with van der Waals surface area (Å²) in [5.41, 5.74) is 0.767. The second-order valence-corrected chi connectivity index (χ2v) is 7.43. The van der Waals surface area contributed by atoms with E-state index in [0.717, 1.165) is 82.0 Å². The Balaban J connectivity index is 1.54. The van der Waals surface area contributed by atoms with Gasteiger partial charge < -0.3 is 15.5 Å². The van der Waals surface area contributed by atoms with Crippen molar-refractivity contribution in [1.82, 2.24) is 15.5 Å². The van der Waals surface area contributed by atoms with Gasteiger partial charge in [-0.3, -0.25) is 4.79 Å². The molecule has 0 atom stereocenters. The molecule has 0 spiro atoms. The van der Waals surface area contributed by atoms with Gasteiger partial charge in [0.1, 0.15) is 0 Å². The lowest BCUT2D eigenvalue weighted by Crippen LogP contribution is -2.45. The summed E-state index contributed by atoms with van der Waals surface area (Å²) in [5.74, 6) is 0.197. The monoisotopic (exact) mass is 349 g/mol. The van der Waals surface area contributed by atoms with Crippen molar-refractivity contribution in [2.75, 3.05) is 39.3 Å². The summed E-state index contributed by atoms with van der Waals surface area (Å²) in [6.45, 7) is 6.21. The SMILES string of the molecule is O=C(NCCCN1CCNCC1)C1(c2ccc(Cl)cc2)CCCC1. The van der Waals surface area contributed by atoms with Crippen LogP contribution >= 0.6 is 11.6 Å². The molecular weight excluding hydrogens is 322 g/mol. The zero-order chi connectivity index (χ0) is 16.8. The van der Waals surface area contributed by atoms with Crippen molar-refractivity contribution < 1.29 is 4.79 Å². The lowest BCUT2D eigenvalue weighted by Gasteiger charge is -2.29. The molecule has 1 aromatic carbocycles. The largest absolute Gasteiger partial charge is 0.355 e. The summed E-state index contributed by atoms with van der Waals surface area (Å²) in [6.07, 6.45) is 5.15. The highest BCUT2D eigenvalue weighted by Crippen LogP contribution is 2.41. The Hall–Kier alpha value is -1.10. The van der Waals surface area contributed by atoms with E-state index in [-0.39, 0.29) is 11.3 Å². The van der Waals surface area contributed by atoms with E-state index in [1.807, 2.05) is 24.3 Å². The van der Waals surface area contributed by atoms with E-state index >= 15 is 0 Å². The normalized spacial score (nSPS) is 20.9. The molecule has 0 bridgehead atoms. The average Bonchev–Trinajstić information content (AvgIpc) is 3.11. The van der Waals surface area contributed by atoms with Crippen molar-refractivity contribution >= 4 is 17.5 Å². The molecule has 132 valence electrons. The van der Waals surface area contributed by atoms with Gasteiger partial charge in [-0.2, -0.15) is 0 Å². The molecule has 1 aliphatic carbocycles. The van der Waals surface area contributed by atoms with Crippen molar-refractivity contribution in [2.24, 2.45) is 0 Å². The van der Waals surface area contributed by atoms with E-state index in [4.69, 9.17) is 11.6 Å². The third-order valence-corrected chi connectivity index (χ3v) is 5.69. The lowest BCUT2D eigenvalue weighted by atomic mass is 9.78. The van der Waals surface area contributed by atoms with Crippen LogP contribution < -0.4 is 10.6 Å². The van der Waals surface area contributed by atoms with Gasteiger partial charge >= 0.3 is 0 Å². The van der Waals surface area contributed by atoms with Crippen LogP contribution in [0, 0.1) is 0 Å². The van der Waals surface area contributed by atoms with Gasteiger partial charge in [-0.15, -0.1) is 0 Å². The quantitative estimate of drug-likeness (QED) is 0.776. The fraction of sp³-hybridized carbons (Fsp3) is 0.632. The van der Waals surface area contributed by atoms with Gasteiger partial charge in [0.15, 0.2) is 0 Å². The molecule has 0 aromatic heterocycles. The Labute approximate surface area is 149 Å². The molecule has 24 heavy (non-hydrogen) atoms. The second kappa shape index (κ2) is 8.32. The molecule has 2 fully saturated rings. The zero-order valence-corrected chi connectivity index (χ0v) is 15.1. The number of hydrogen-bond acceptors (Lipinski definition) is 3. The molecule has 1 saturated carbocycles. The molecule has 2 N–H and O–H groups in total. The van der Waals surface area contributed by atoms with Gasteiger partial charge in [-0.25, -0.2) is 0 Å². The highest BCUT2D eigenvalue weighted by molar-refractivity contribution is 6.30. The van der Waals surface area contributed by atoms with E-state index in [1.165, 1.54) is 0 Å². The van der Waals surface area contributed by atoms with Crippen LogP contribution in [-0.2, 0) is 10.2 Å². The van der Waals surface area contributed by atoms with Crippen molar-refractivity contribution in [1.29, 1.82) is 0 Å². The zero-order valence-electron chi connectivity index (χ0n) is 14.3. The number of hydrogen-bond donors (Lipinski definition) is 2. The first-order valence-electron chi connectivity index (χ1n) is 9.18. The molecule has 1 heterocycles. The maximum Gasteiger partial charge on any atom is 0.230 e. The van der Waals surface area contributed by atoms with Gasteiger partial charge in [0.2, 0.25) is 5.91 Å².